The second-order valence-corrected chi connectivity index (χ2v) is 6.74. The van der Waals surface area contributed by atoms with Gasteiger partial charge in [0.15, 0.2) is 0 Å². The van der Waals surface area contributed by atoms with E-state index in [-0.39, 0.29) is 4.90 Å². The fraction of sp³-hybridized carbons (Fsp3) is 0.312. The van der Waals surface area contributed by atoms with Crippen molar-refractivity contribution in [1.82, 2.24) is 4.98 Å². The third-order valence-corrected chi connectivity index (χ3v) is 4.54. The van der Waals surface area contributed by atoms with Gasteiger partial charge in [-0.1, -0.05) is 0 Å². The molecule has 0 saturated carbocycles. The molecule has 2 aromatic rings. The summed E-state index contributed by atoms with van der Waals surface area (Å²) in [7, 11) is -2.06. The summed E-state index contributed by atoms with van der Waals surface area (Å²) in [5.41, 5.74) is 2.03. The number of ether oxygens (including phenoxy) is 2. The van der Waals surface area contributed by atoms with Crippen LogP contribution in [0.5, 0.6) is 5.75 Å². The molecule has 2 rings (SSSR count). The van der Waals surface area contributed by atoms with E-state index in [0.29, 0.717) is 24.7 Å². The van der Waals surface area contributed by atoms with Crippen LogP contribution in [0.3, 0.4) is 0 Å². The summed E-state index contributed by atoms with van der Waals surface area (Å²) in [5.74, 6) is 0.666. The van der Waals surface area contributed by atoms with Crippen molar-refractivity contribution < 1.29 is 17.9 Å². The molecular formula is C16H20N2O4S. The summed E-state index contributed by atoms with van der Waals surface area (Å²) in [6.07, 6.45) is 1.34. The quantitative estimate of drug-likeness (QED) is 0.786. The maximum absolute atomic E-state index is 12.4. The molecule has 0 aliphatic carbocycles. The van der Waals surface area contributed by atoms with Crippen molar-refractivity contribution in [2.75, 3.05) is 25.0 Å². The van der Waals surface area contributed by atoms with E-state index in [0.717, 1.165) is 11.3 Å². The van der Waals surface area contributed by atoms with Crippen molar-refractivity contribution in [3.05, 3.63) is 47.8 Å². The van der Waals surface area contributed by atoms with Gasteiger partial charge in [-0.3, -0.25) is 9.71 Å². The normalized spacial score (nSPS) is 11.3. The summed E-state index contributed by atoms with van der Waals surface area (Å²) in [6.45, 7) is 4.55. The Labute approximate surface area is 136 Å². The predicted octanol–water partition coefficient (Wildman–Crippen LogP) is 2.52. The zero-order valence-corrected chi connectivity index (χ0v) is 14.2. The molecule has 0 fully saturated rings. The third-order valence-electron chi connectivity index (χ3n) is 3.19. The Kier molecular flexibility index (Phi) is 5.57. The number of aromatic nitrogens is 1. The highest BCUT2D eigenvalue weighted by molar-refractivity contribution is 7.92. The molecule has 1 aromatic heterocycles. The highest BCUT2D eigenvalue weighted by Crippen LogP contribution is 2.24. The standard InChI is InChI=1S/C16H20N2O4S/c1-12-10-14(22-9-8-21-3)5-7-16(12)18-23(19,20)15-6-4-13(2)17-11-15/h4-7,10-11,18H,8-9H2,1-3H3. The summed E-state index contributed by atoms with van der Waals surface area (Å²) in [6, 6.07) is 8.36. The van der Waals surface area contributed by atoms with Crippen LogP contribution in [0.15, 0.2) is 41.4 Å². The maximum atomic E-state index is 12.4. The lowest BCUT2D eigenvalue weighted by Crippen LogP contribution is -2.14. The van der Waals surface area contributed by atoms with Crippen LogP contribution in [-0.4, -0.2) is 33.7 Å². The average molecular weight is 336 g/mol. The fourth-order valence-corrected chi connectivity index (χ4v) is 2.98. The summed E-state index contributed by atoms with van der Waals surface area (Å²) in [5, 5.41) is 0. The van der Waals surface area contributed by atoms with Crippen molar-refractivity contribution in [3.63, 3.8) is 0 Å². The van der Waals surface area contributed by atoms with Crippen LogP contribution in [0.25, 0.3) is 0 Å². The second kappa shape index (κ2) is 7.43. The van der Waals surface area contributed by atoms with Crippen LogP contribution in [0.4, 0.5) is 5.69 Å². The third kappa shape index (κ3) is 4.67. The molecule has 0 amide bonds. The molecule has 7 heteroatoms. The van der Waals surface area contributed by atoms with Gasteiger partial charge in [-0.2, -0.15) is 0 Å². The lowest BCUT2D eigenvalue weighted by atomic mass is 10.2. The number of methoxy groups -OCH3 is 1. The number of hydrogen-bond acceptors (Lipinski definition) is 5. The van der Waals surface area contributed by atoms with E-state index in [4.69, 9.17) is 9.47 Å². The van der Waals surface area contributed by atoms with E-state index >= 15 is 0 Å². The van der Waals surface area contributed by atoms with Crippen LogP contribution >= 0.6 is 0 Å². The van der Waals surface area contributed by atoms with Gasteiger partial charge in [0.2, 0.25) is 0 Å². The monoisotopic (exact) mass is 336 g/mol. The van der Waals surface area contributed by atoms with Gasteiger partial charge in [0.05, 0.1) is 12.3 Å². The van der Waals surface area contributed by atoms with Crippen LogP contribution < -0.4 is 9.46 Å². The topological polar surface area (TPSA) is 77.5 Å². The van der Waals surface area contributed by atoms with Crippen LogP contribution in [-0.2, 0) is 14.8 Å². The summed E-state index contributed by atoms with van der Waals surface area (Å²) < 4.78 is 37.7. The zero-order chi connectivity index (χ0) is 16.9. The summed E-state index contributed by atoms with van der Waals surface area (Å²) >= 11 is 0. The Morgan fingerprint density at radius 3 is 2.52 bits per heavy atom. The van der Waals surface area contributed by atoms with E-state index in [2.05, 4.69) is 9.71 Å². The van der Waals surface area contributed by atoms with E-state index in [9.17, 15) is 8.42 Å². The molecule has 1 N–H and O–H groups in total. The Bertz CT molecular complexity index is 758. The molecule has 0 atom stereocenters. The largest absolute Gasteiger partial charge is 0.491 e. The molecule has 0 aliphatic heterocycles. The molecule has 6 nitrogen and oxygen atoms in total. The molecule has 124 valence electrons. The second-order valence-electron chi connectivity index (χ2n) is 5.06. The van der Waals surface area contributed by atoms with Crippen molar-refractivity contribution in [3.8, 4) is 5.75 Å². The number of pyridine rings is 1. The molecule has 0 spiro atoms. The van der Waals surface area contributed by atoms with Gasteiger partial charge in [-0.25, -0.2) is 8.42 Å². The minimum absolute atomic E-state index is 0.128. The number of nitrogens with zero attached hydrogens (tertiary/aromatic N) is 1. The van der Waals surface area contributed by atoms with E-state index in [1.54, 1.807) is 38.3 Å². The Morgan fingerprint density at radius 2 is 1.91 bits per heavy atom. The maximum Gasteiger partial charge on any atom is 0.263 e. The first-order valence-corrected chi connectivity index (χ1v) is 8.58. The highest BCUT2D eigenvalue weighted by atomic mass is 32.2. The molecule has 0 radical (unpaired) electrons. The number of anilines is 1. The molecule has 0 aliphatic rings. The average Bonchev–Trinajstić information content (AvgIpc) is 2.50. The Balaban J connectivity index is 2.14. The van der Waals surface area contributed by atoms with Crippen molar-refractivity contribution in [2.24, 2.45) is 0 Å². The molecule has 1 heterocycles. The smallest absolute Gasteiger partial charge is 0.263 e. The minimum atomic E-state index is -3.66. The highest BCUT2D eigenvalue weighted by Gasteiger charge is 2.15. The lowest BCUT2D eigenvalue weighted by molar-refractivity contribution is 0.146. The first kappa shape index (κ1) is 17.2. The van der Waals surface area contributed by atoms with E-state index in [1.165, 1.54) is 12.3 Å². The van der Waals surface area contributed by atoms with Gasteiger partial charge in [0, 0.05) is 19.0 Å². The first-order valence-electron chi connectivity index (χ1n) is 7.10. The van der Waals surface area contributed by atoms with Crippen molar-refractivity contribution >= 4 is 15.7 Å². The molecule has 0 unspecified atom stereocenters. The molecule has 23 heavy (non-hydrogen) atoms. The van der Waals surface area contributed by atoms with Gasteiger partial charge in [0.25, 0.3) is 10.0 Å². The van der Waals surface area contributed by atoms with Crippen LogP contribution in [0.2, 0.25) is 0 Å². The zero-order valence-electron chi connectivity index (χ0n) is 13.4. The van der Waals surface area contributed by atoms with Gasteiger partial charge in [-0.15, -0.1) is 0 Å². The number of benzene rings is 1. The van der Waals surface area contributed by atoms with Gasteiger partial charge in [0.1, 0.15) is 17.3 Å². The van der Waals surface area contributed by atoms with E-state index in [1.807, 2.05) is 6.92 Å². The SMILES string of the molecule is COCCOc1ccc(NS(=O)(=O)c2ccc(C)nc2)c(C)c1. The number of hydrogen-bond donors (Lipinski definition) is 1. The molecule has 0 bridgehead atoms. The Morgan fingerprint density at radius 1 is 1.13 bits per heavy atom. The number of sulfonamides is 1. The number of nitrogens with one attached hydrogen (secondary N) is 1. The fourth-order valence-electron chi connectivity index (χ4n) is 1.90. The molecule has 0 saturated heterocycles. The van der Waals surface area contributed by atoms with Crippen molar-refractivity contribution in [2.45, 2.75) is 18.7 Å². The lowest BCUT2D eigenvalue weighted by Gasteiger charge is -2.12. The predicted molar refractivity (Wildman–Crippen MR) is 88.3 cm³/mol. The molecular weight excluding hydrogens is 316 g/mol. The Hall–Kier alpha value is -2.12. The van der Waals surface area contributed by atoms with Gasteiger partial charge < -0.3 is 9.47 Å². The van der Waals surface area contributed by atoms with Gasteiger partial charge >= 0.3 is 0 Å². The number of rotatable bonds is 7. The number of aryl methyl sites for hydroxylation is 2. The minimum Gasteiger partial charge on any atom is -0.491 e. The molecule has 1 aromatic carbocycles. The van der Waals surface area contributed by atoms with E-state index < -0.39 is 10.0 Å². The van der Waals surface area contributed by atoms with Crippen molar-refractivity contribution in [1.29, 1.82) is 0 Å². The first-order chi connectivity index (χ1) is 10.9. The summed E-state index contributed by atoms with van der Waals surface area (Å²) in [4.78, 5) is 4.14. The van der Waals surface area contributed by atoms with Crippen LogP contribution in [0.1, 0.15) is 11.3 Å². The van der Waals surface area contributed by atoms with Gasteiger partial charge in [-0.05, 0) is 49.7 Å². The van der Waals surface area contributed by atoms with Crippen LogP contribution in [0, 0.1) is 13.8 Å².